The molecule has 3 heterocycles. The fraction of sp³-hybridized carbons (Fsp3) is 0.400. The summed E-state index contributed by atoms with van der Waals surface area (Å²) in [6, 6.07) is 11.7. The van der Waals surface area contributed by atoms with Crippen LogP contribution in [0.2, 0.25) is 0 Å². The van der Waals surface area contributed by atoms with E-state index in [1.54, 1.807) is 6.20 Å². The Labute approximate surface area is 183 Å². The molecule has 0 radical (unpaired) electrons. The molecule has 2 aromatic heterocycles. The van der Waals surface area contributed by atoms with Gasteiger partial charge in [-0.25, -0.2) is 9.97 Å². The monoisotopic (exact) mass is 418 g/mol. The second-order valence-electron chi connectivity index (χ2n) is 8.15. The Morgan fingerprint density at radius 2 is 1.97 bits per heavy atom. The van der Waals surface area contributed by atoms with Gasteiger partial charge in [-0.1, -0.05) is 26.2 Å². The highest BCUT2D eigenvalue weighted by Crippen LogP contribution is 2.26. The summed E-state index contributed by atoms with van der Waals surface area (Å²) in [6.07, 6.45) is 8.85. The van der Waals surface area contributed by atoms with Gasteiger partial charge in [-0.2, -0.15) is 0 Å². The molecule has 2 N–H and O–H groups in total. The molecule has 0 bridgehead atoms. The molecule has 1 aliphatic heterocycles. The number of aromatic nitrogens is 3. The smallest absolute Gasteiger partial charge is 0.253 e. The number of ether oxygens (including phenoxy) is 1. The lowest BCUT2D eigenvalue weighted by atomic mass is 10.1. The van der Waals surface area contributed by atoms with Crippen molar-refractivity contribution in [3.8, 4) is 28.5 Å². The molecule has 1 aromatic carbocycles. The van der Waals surface area contributed by atoms with Crippen molar-refractivity contribution in [2.45, 2.75) is 58.5 Å². The SMILES string of the molecule is CCCCCCC(C)Oc1ccc(-c2nccc(-c3cc4c([nH]3)CCNC4=O)n2)cc1. The summed E-state index contributed by atoms with van der Waals surface area (Å²) >= 11 is 0. The summed E-state index contributed by atoms with van der Waals surface area (Å²) < 4.78 is 6.05. The fourth-order valence-corrected chi connectivity index (χ4v) is 3.91. The number of H-pyrrole nitrogens is 1. The van der Waals surface area contributed by atoms with Crippen molar-refractivity contribution in [3.63, 3.8) is 0 Å². The lowest BCUT2D eigenvalue weighted by Gasteiger charge is -2.14. The predicted molar refractivity (Wildman–Crippen MR) is 122 cm³/mol. The van der Waals surface area contributed by atoms with Crippen LogP contribution < -0.4 is 10.1 Å². The Hall–Kier alpha value is -3.15. The minimum atomic E-state index is -0.0341. The van der Waals surface area contributed by atoms with Crippen LogP contribution in [0.3, 0.4) is 0 Å². The van der Waals surface area contributed by atoms with E-state index in [-0.39, 0.29) is 12.0 Å². The van der Waals surface area contributed by atoms with Gasteiger partial charge in [0.1, 0.15) is 5.75 Å². The summed E-state index contributed by atoms with van der Waals surface area (Å²) in [6.45, 7) is 5.01. The standard InChI is InChI=1S/C25H30N4O2/c1-3-4-5-6-7-17(2)31-19-10-8-18(9-11-19)24-26-14-13-22(29-24)23-16-20-21(28-23)12-15-27-25(20)30/h8-11,13-14,16-17,28H,3-7,12,15H2,1-2H3,(H,27,30). The molecule has 0 spiro atoms. The molecule has 6 heteroatoms. The first-order chi connectivity index (χ1) is 15.1. The fourth-order valence-electron chi connectivity index (χ4n) is 3.91. The molecule has 1 amide bonds. The zero-order valence-electron chi connectivity index (χ0n) is 18.3. The first-order valence-electron chi connectivity index (χ1n) is 11.2. The van der Waals surface area contributed by atoms with E-state index < -0.39 is 0 Å². The van der Waals surface area contributed by atoms with Crippen molar-refractivity contribution >= 4 is 5.91 Å². The van der Waals surface area contributed by atoms with E-state index in [1.165, 1.54) is 25.7 Å². The van der Waals surface area contributed by atoms with Crippen molar-refractivity contribution in [2.24, 2.45) is 0 Å². The summed E-state index contributed by atoms with van der Waals surface area (Å²) in [4.78, 5) is 24.5. The number of hydrogen-bond donors (Lipinski definition) is 2. The van der Waals surface area contributed by atoms with Crippen molar-refractivity contribution < 1.29 is 9.53 Å². The van der Waals surface area contributed by atoms with Crippen LogP contribution in [-0.4, -0.2) is 33.5 Å². The van der Waals surface area contributed by atoms with Crippen LogP contribution in [0.25, 0.3) is 22.8 Å². The van der Waals surface area contributed by atoms with Crippen LogP contribution >= 0.6 is 0 Å². The van der Waals surface area contributed by atoms with Gasteiger partial charge in [-0.3, -0.25) is 4.79 Å². The van der Waals surface area contributed by atoms with E-state index in [0.29, 0.717) is 17.9 Å². The average Bonchev–Trinajstić information content (AvgIpc) is 3.23. The van der Waals surface area contributed by atoms with Crippen LogP contribution in [0.15, 0.2) is 42.6 Å². The molecule has 4 rings (SSSR count). The largest absolute Gasteiger partial charge is 0.491 e. The molecule has 0 aliphatic carbocycles. The van der Waals surface area contributed by atoms with Gasteiger partial charge in [0, 0.05) is 30.4 Å². The molecule has 162 valence electrons. The van der Waals surface area contributed by atoms with E-state index in [9.17, 15) is 4.79 Å². The molecular formula is C25H30N4O2. The predicted octanol–water partition coefficient (Wildman–Crippen LogP) is 5.16. The number of benzene rings is 1. The van der Waals surface area contributed by atoms with Crippen LogP contribution in [0.4, 0.5) is 0 Å². The van der Waals surface area contributed by atoms with E-state index in [0.717, 1.165) is 41.2 Å². The molecule has 6 nitrogen and oxygen atoms in total. The normalized spacial score (nSPS) is 14.1. The molecule has 1 aliphatic rings. The first-order valence-corrected chi connectivity index (χ1v) is 11.2. The Balaban J connectivity index is 1.44. The third-order valence-corrected chi connectivity index (χ3v) is 5.65. The summed E-state index contributed by atoms with van der Waals surface area (Å²) in [5, 5.41) is 2.87. The third-order valence-electron chi connectivity index (χ3n) is 5.65. The van der Waals surface area contributed by atoms with Gasteiger partial charge in [0.15, 0.2) is 5.82 Å². The van der Waals surface area contributed by atoms with Crippen molar-refractivity contribution in [1.82, 2.24) is 20.3 Å². The van der Waals surface area contributed by atoms with Crippen molar-refractivity contribution in [1.29, 1.82) is 0 Å². The number of nitrogens with one attached hydrogen (secondary N) is 2. The number of fused-ring (bicyclic) bond motifs is 1. The first kappa shape index (κ1) is 21.1. The van der Waals surface area contributed by atoms with Gasteiger partial charge >= 0.3 is 0 Å². The molecule has 31 heavy (non-hydrogen) atoms. The van der Waals surface area contributed by atoms with Crippen LogP contribution in [0, 0.1) is 0 Å². The number of carbonyl (C=O) groups is 1. The lowest BCUT2D eigenvalue weighted by Crippen LogP contribution is -2.31. The highest BCUT2D eigenvalue weighted by atomic mass is 16.5. The Morgan fingerprint density at radius 1 is 1.13 bits per heavy atom. The number of amides is 1. The minimum absolute atomic E-state index is 0.0341. The van der Waals surface area contributed by atoms with Crippen LogP contribution in [0.1, 0.15) is 62.0 Å². The van der Waals surface area contributed by atoms with Gasteiger partial charge in [0.25, 0.3) is 5.91 Å². The Bertz CT molecular complexity index is 1030. The molecule has 0 saturated heterocycles. The Kier molecular flexibility index (Phi) is 6.65. The zero-order chi connectivity index (χ0) is 21.6. The highest BCUT2D eigenvalue weighted by molar-refractivity contribution is 5.97. The maximum absolute atomic E-state index is 12.0. The van der Waals surface area contributed by atoms with Gasteiger partial charge in [0.05, 0.1) is 23.1 Å². The quantitative estimate of drug-likeness (QED) is 0.470. The second-order valence-corrected chi connectivity index (χ2v) is 8.15. The van der Waals surface area contributed by atoms with Crippen LogP contribution in [0.5, 0.6) is 5.75 Å². The topological polar surface area (TPSA) is 79.9 Å². The van der Waals surface area contributed by atoms with Gasteiger partial charge < -0.3 is 15.0 Å². The van der Waals surface area contributed by atoms with E-state index in [2.05, 4.69) is 29.1 Å². The minimum Gasteiger partial charge on any atom is -0.491 e. The molecule has 0 saturated carbocycles. The number of nitrogens with zero attached hydrogens (tertiary/aromatic N) is 2. The van der Waals surface area contributed by atoms with Gasteiger partial charge in [-0.15, -0.1) is 0 Å². The number of hydrogen-bond acceptors (Lipinski definition) is 4. The number of aromatic amines is 1. The summed E-state index contributed by atoms with van der Waals surface area (Å²) in [5.41, 5.74) is 4.20. The molecule has 0 fully saturated rings. The van der Waals surface area contributed by atoms with E-state index >= 15 is 0 Å². The van der Waals surface area contributed by atoms with E-state index in [1.807, 2.05) is 36.4 Å². The molecular weight excluding hydrogens is 388 g/mol. The number of unbranched alkanes of at least 4 members (excludes halogenated alkanes) is 3. The van der Waals surface area contributed by atoms with Crippen molar-refractivity contribution in [2.75, 3.05) is 6.54 Å². The van der Waals surface area contributed by atoms with Crippen molar-refractivity contribution in [3.05, 3.63) is 53.9 Å². The van der Waals surface area contributed by atoms with Crippen LogP contribution in [-0.2, 0) is 6.42 Å². The Morgan fingerprint density at radius 3 is 2.74 bits per heavy atom. The van der Waals surface area contributed by atoms with E-state index in [4.69, 9.17) is 9.72 Å². The molecule has 1 atom stereocenters. The average molecular weight is 419 g/mol. The summed E-state index contributed by atoms with van der Waals surface area (Å²) in [5.74, 6) is 1.48. The second kappa shape index (κ2) is 9.77. The van der Waals surface area contributed by atoms with Gasteiger partial charge in [0.2, 0.25) is 0 Å². The number of rotatable bonds is 9. The number of carbonyl (C=O) groups excluding carboxylic acids is 1. The summed E-state index contributed by atoms with van der Waals surface area (Å²) in [7, 11) is 0. The lowest BCUT2D eigenvalue weighted by molar-refractivity contribution is 0.0946. The molecule has 3 aromatic rings. The third kappa shape index (κ3) is 5.13. The molecule has 1 unspecified atom stereocenters. The maximum atomic E-state index is 12.0. The highest BCUT2D eigenvalue weighted by Gasteiger charge is 2.20. The van der Waals surface area contributed by atoms with Gasteiger partial charge in [-0.05, 0) is 56.2 Å². The maximum Gasteiger partial charge on any atom is 0.253 e. The zero-order valence-corrected chi connectivity index (χ0v) is 18.3.